The summed E-state index contributed by atoms with van der Waals surface area (Å²) >= 11 is 2.94. The fourth-order valence-electron chi connectivity index (χ4n) is 3.59. The van der Waals surface area contributed by atoms with Gasteiger partial charge in [0.25, 0.3) is 0 Å². The number of nitrogens with zero attached hydrogens (tertiary/aromatic N) is 3. The normalized spacial score (nSPS) is 12.6. The summed E-state index contributed by atoms with van der Waals surface area (Å²) in [6.45, 7) is 4.14. The van der Waals surface area contributed by atoms with E-state index in [1.807, 2.05) is 10.8 Å². The predicted molar refractivity (Wildman–Crippen MR) is 113 cm³/mol. The number of nitriles is 1. The van der Waals surface area contributed by atoms with E-state index in [0.717, 1.165) is 35.7 Å². The largest absolute Gasteiger partial charge is 0.316 e. The van der Waals surface area contributed by atoms with E-state index in [2.05, 4.69) is 48.4 Å². The summed E-state index contributed by atoms with van der Waals surface area (Å²) in [5, 5.41) is 13.9. The fraction of sp³-hybridized carbons (Fsp3) is 0.286. The van der Waals surface area contributed by atoms with Crippen LogP contribution in [0.5, 0.6) is 0 Å². The molecule has 1 aromatic carbocycles. The lowest BCUT2D eigenvalue weighted by molar-refractivity contribution is -0.113. The van der Waals surface area contributed by atoms with Crippen LogP contribution in [0.3, 0.4) is 0 Å². The molecule has 142 valence electrons. The second-order valence-corrected chi connectivity index (χ2v) is 8.98. The zero-order chi connectivity index (χ0) is 19.7. The van der Waals surface area contributed by atoms with Gasteiger partial charge in [0.2, 0.25) is 5.91 Å². The number of carbonyl (C=O) groups is 1. The Bertz CT molecular complexity index is 1070. The van der Waals surface area contributed by atoms with Gasteiger partial charge < -0.3 is 5.32 Å². The number of nitrogens with one attached hydrogen (secondary N) is 1. The quantitative estimate of drug-likeness (QED) is 0.624. The Morgan fingerprint density at radius 3 is 2.86 bits per heavy atom. The third-order valence-corrected chi connectivity index (χ3v) is 6.88. The highest BCUT2D eigenvalue weighted by atomic mass is 32.2. The molecule has 5 nitrogen and oxygen atoms in total. The van der Waals surface area contributed by atoms with E-state index in [4.69, 9.17) is 0 Å². The molecule has 0 fully saturated rings. The molecule has 3 aromatic rings. The van der Waals surface area contributed by atoms with Gasteiger partial charge in [-0.25, -0.2) is 4.98 Å². The Hall–Kier alpha value is -2.56. The van der Waals surface area contributed by atoms with Crippen molar-refractivity contribution < 1.29 is 4.79 Å². The first-order valence-corrected chi connectivity index (χ1v) is 10.9. The molecule has 0 atom stereocenters. The molecule has 1 aliphatic carbocycles. The van der Waals surface area contributed by atoms with Crippen LogP contribution in [0.4, 0.5) is 5.00 Å². The molecule has 0 radical (unpaired) electrons. The Labute approximate surface area is 172 Å². The molecule has 0 aliphatic heterocycles. The van der Waals surface area contributed by atoms with Crippen LogP contribution in [0, 0.1) is 25.2 Å². The monoisotopic (exact) mass is 408 g/mol. The van der Waals surface area contributed by atoms with Crippen LogP contribution in [0.1, 0.15) is 33.6 Å². The minimum absolute atomic E-state index is 0.114. The number of anilines is 1. The molecular weight excluding hydrogens is 388 g/mol. The van der Waals surface area contributed by atoms with Gasteiger partial charge in [-0.15, -0.1) is 11.3 Å². The van der Waals surface area contributed by atoms with E-state index < -0.39 is 0 Å². The molecule has 1 N–H and O–H groups in total. The Kier molecular flexibility index (Phi) is 5.25. The summed E-state index contributed by atoms with van der Waals surface area (Å²) in [6.07, 6.45) is 6.70. The van der Waals surface area contributed by atoms with Crippen LogP contribution in [-0.4, -0.2) is 21.2 Å². The second kappa shape index (κ2) is 7.82. The SMILES string of the molecule is Cc1cc(C)cc(-n2ccnc2SCC(=O)Nc2sc3c(c2C#N)CCC3)c1. The number of rotatable bonds is 5. The molecule has 1 amide bonds. The van der Waals surface area contributed by atoms with Crippen molar-refractivity contribution >= 4 is 34.0 Å². The summed E-state index contributed by atoms with van der Waals surface area (Å²) in [5.74, 6) is 0.131. The molecule has 2 heterocycles. The number of benzene rings is 1. The zero-order valence-electron chi connectivity index (χ0n) is 15.8. The third kappa shape index (κ3) is 3.71. The standard InChI is InChI=1S/C21H20N4OS2/c1-13-8-14(2)10-15(9-13)25-7-6-23-21(25)27-12-19(26)24-20-17(11-22)16-4-3-5-18(16)28-20/h6-10H,3-5,12H2,1-2H3,(H,24,26). The molecule has 0 saturated carbocycles. The van der Waals surface area contributed by atoms with Crippen molar-refractivity contribution in [1.82, 2.24) is 9.55 Å². The third-order valence-electron chi connectivity index (χ3n) is 4.71. The van der Waals surface area contributed by atoms with E-state index >= 15 is 0 Å². The number of aryl methyl sites for hydroxylation is 3. The van der Waals surface area contributed by atoms with Crippen molar-refractivity contribution in [3.05, 3.63) is 57.7 Å². The minimum Gasteiger partial charge on any atom is -0.316 e. The molecule has 7 heteroatoms. The van der Waals surface area contributed by atoms with Gasteiger partial charge in [-0.2, -0.15) is 5.26 Å². The Morgan fingerprint density at radius 2 is 2.11 bits per heavy atom. The number of amides is 1. The molecule has 0 bridgehead atoms. The first-order valence-electron chi connectivity index (χ1n) is 9.14. The molecule has 4 rings (SSSR count). The summed E-state index contributed by atoms with van der Waals surface area (Å²) in [7, 11) is 0. The number of thiophene rings is 1. The second-order valence-electron chi connectivity index (χ2n) is 6.94. The van der Waals surface area contributed by atoms with E-state index in [0.29, 0.717) is 10.6 Å². The number of hydrogen-bond acceptors (Lipinski definition) is 5. The Morgan fingerprint density at radius 1 is 1.32 bits per heavy atom. The van der Waals surface area contributed by atoms with Gasteiger partial charge in [0.15, 0.2) is 5.16 Å². The van der Waals surface area contributed by atoms with Gasteiger partial charge in [-0.1, -0.05) is 17.8 Å². The number of carbonyl (C=O) groups excluding carboxylic acids is 1. The average molecular weight is 409 g/mol. The molecule has 0 unspecified atom stereocenters. The number of thioether (sulfide) groups is 1. The number of fused-ring (bicyclic) bond motifs is 1. The summed E-state index contributed by atoms with van der Waals surface area (Å²) in [5.41, 5.74) is 5.19. The van der Waals surface area contributed by atoms with Crippen molar-refractivity contribution in [3.8, 4) is 11.8 Å². The van der Waals surface area contributed by atoms with Crippen LogP contribution in [0.15, 0.2) is 35.7 Å². The predicted octanol–water partition coefficient (Wildman–Crippen LogP) is 4.64. The van der Waals surface area contributed by atoms with Crippen molar-refractivity contribution in [1.29, 1.82) is 5.26 Å². The van der Waals surface area contributed by atoms with Crippen molar-refractivity contribution in [2.24, 2.45) is 0 Å². The summed E-state index contributed by atoms with van der Waals surface area (Å²) in [4.78, 5) is 18.1. The maximum absolute atomic E-state index is 12.5. The average Bonchev–Trinajstić information content (AvgIpc) is 3.34. The summed E-state index contributed by atoms with van der Waals surface area (Å²) < 4.78 is 2.00. The van der Waals surface area contributed by atoms with Crippen LogP contribution in [0.2, 0.25) is 0 Å². The van der Waals surface area contributed by atoms with Gasteiger partial charge in [-0.05, 0) is 61.9 Å². The highest BCUT2D eigenvalue weighted by molar-refractivity contribution is 7.99. The van der Waals surface area contributed by atoms with Gasteiger partial charge in [0, 0.05) is 23.0 Å². The molecular formula is C21H20N4OS2. The minimum atomic E-state index is -0.114. The number of hydrogen-bond donors (Lipinski definition) is 1. The molecule has 0 spiro atoms. The maximum atomic E-state index is 12.5. The van der Waals surface area contributed by atoms with E-state index in [1.165, 1.54) is 27.8 Å². The number of imidazole rings is 1. The van der Waals surface area contributed by atoms with Gasteiger partial charge >= 0.3 is 0 Å². The fourth-order valence-corrected chi connectivity index (χ4v) is 5.62. The highest BCUT2D eigenvalue weighted by Gasteiger charge is 2.23. The van der Waals surface area contributed by atoms with Crippen LogP contribution < -0.4 is 5.32 Å². The molecule has 28 heavy (non-hydrogen) atoms. The summed E-state index contributed by atoms with van der Waals surface area (Å²) in [6, 6.07) is 8.60. The van der Waals surface area contributed by atoms with Crippen molar-refractivity contribution in [2.45, 2.75) is 38.3 Å². The highest BCUT2D eigenvalue weighted by Crippen LogP contribution is 2.38. The van der Waals surface area contributed by atoms with Crippen molar-refractivity contribution in [2.75, 3.05) is 11.1 Å². The van der Waals surface area contributed by atoms with Crippen LogP contribution in [-0.2, 0) is 17.6 Å². The lowest BCUT2D eigenvalue weighted by Gasteiger charge is -2.10. The zero-order valence-corrected chi connectivity index (χ0v) is 17.4. The van der Waals surface area contributed by atoms with Crippen molar-refractivity contribution in [3.63, 3.8) is 0 Å². The van der Waals surface area contributed by atoms with Crippen LogP contribution in [0.25, 0.3) is 5.69 Å². The number of aromatic nitrogens is 2. The van der Waals surface area contributed by atoms with Crippen LogP contribution >= 0.6 is 23.1 Å². The van der Waals surface area contributed by atoms with Gasteiger partial charge in [-0.3, -0.25) is 9.36 Å². The first kappa shape index (κ1) is 18.8. The van der Waals surface area contributed by atoms with E-state index in [-0.39, 0.29) is 11.7 Å². The first-order chi connectivity index (χ1) is 13.5. The lowest BCUT2D eigenvalue weighted by atomic mass is 10.1. The molecule has 1 aliphatic rings. The lowest BCUT2D eigenvalue weighted by Crippen LogP contribution is -2.14. The smallest absolute Gasteiger partial charge is 0.235 e. The maximum Gasteiger partial charge on any atom is 0.235 e. The Balaban J connectivity index is 1.46. The van der Waals surface area contributed by atoms with E-state index in [1.54, 1.807) is 17.5 Å². The molecule has 0 saturated heterocycles. The molecule has 2 aromatic heterocycles. The van der Waals surface area contributed by atoms with Gasteiger partial charge in [0.1, 0.15) is 11.1 Å². The van der Waals surface area contributed by atoms with Gasteiger partial charge in [0.05, 0.1) is 11.3 Å². The van der Waals surface area contributed by atoms with E-state index in [9.17, 15) is 10.1 Å². The topological polar surface area (TPSA) is 70.7 Å².